The Morgan fingerprint density at radius 2 is 2.17 bits per heavy atom. The van der Waals surface area contributed by atoms with Crippen LogP contribution in [-0.4, -0.2) is 13.1 Å². The van der Waals surface area contributed by atoms with Crippen LogP contribution in [0.1, 0.15) is 0 Å². The Morgan fingerprint density at radius 1 is 1.42 bits per heavy atom. The van der Waals surface area contributed by atoms with Gasteiger partial charge in [0.05, 0.1) is 11.4 Å². The molecule has 0 radical (unpaired) electrons. The molecule has 0 aliphatic carbocycles. The minimum absolute atomic E-state index is 0.585. The molecular formula is C8H12ClN3. The number of hydrogen-bond acceptors (Lipinski definition) is 3. The van der Waals surface area contributed by atoms with E-state index in [0.29, 0.717) is 23.8 Å². The normalized spacial score (nSPS) is 9.83. The highest BCUT2D eigenvalue weighted by Gasteiger charge is 1.97. The molecular weight excluding hydrogens is 174 g/mol. The zero-order valence-electron chi connectivity index (χ0n) is 6.68. The van der Waals surface area contributed by atoms with Crippen LogP contribution >= 0.6 is 11.6 Å². The zero-order chi connectivity index (χ0) is 8.97. The van der Waals surface area contributed by atoms with E-state index in [4.69, 9.17) is 23.1 Å². The smallest absolute Gasteiger partial charge is 0.0575 e. The largest absolute Gasteiger partial charge is 0.397 e. The summed E-state index contributed by atoms with van der Waals surface area (Å²) in [5.41, 5.74) is 12.5. The van der Waals surface area contributed by atoms with Gasteiger partial charge >= 0.3 is 0 Å². The molecule has 0 atom stereocenters. The third-order valence-corrected chi connectivity index (χ3v) is 1.71. The Hall–Kier alpha value is -0.930. The van der Waals surface area contributed by atoms with Gasteiger partial charge in [-0.25, -0.2) is 0 Å². The lowest BCUT2D eigenvalue weighted by Gasteiger charge is -2.07. The number of halogens is 1. The SMILES string of the molecule is NCCNc1ccc(Cl)cc1N. The first-order valence-electron chi connectivity index (χ1n) is 3.73. The van der Waals surface area contributed by atoms with Gasteiger partial charge in [-0.3, -0.25) is 0 Å². The summed E-state index contributed by atoms with van der Waals surface area (Å²) in [5, 5.41) is 3.73. The first-order valence-corrected chi connectivity index (χ1v) is 4.11. The summed E-state index contributed by atoms with van der Waals surface area (Å²) in [6.45, 7) is 1.30. The van der Waals surface area contributed by atoms with E-state index in [1.165, 1.54) is 0 Å². The summed E-state index contributed by atoms with van der Waals surface area (Å²) < 4.78 is 0. The van der Waals surface area contributed by atoms with Crippen molar-refractivity contribution in [1.82, 2.24) is 0 Å². The summed E-state index contributed by atoms with van der Waals surface area (Å²) >= 11 is 5.72. The van der Waals surface area contributed by atoms with Crippen molar-refractivity contribution in [1.29, 1.82) is 0 Å². The molecule has 0 aliphatic rings. The number of nitrogen functional groups attached to an aromatic ring is 1. The fourth-order valence-corrected chi connectivity index (χ4v) is 1.08. The molecule has 12 heavy (non-hydrogen) atoms. The maximum absolute atomic E-state index is 5.72. The maximum atomic E-state index is 5.72. The van der Waals surface area contributed by atoms with Gasteiger partial charge in [-0.15, -0.1) is 0 Å². The molecule has 0 amide bonds. The molecule has 66 valence electrons. The third-order valence-electron chi connectivity index (χ3n) is 1.47. The predicted molar refractivity (Wildman–Crippen MR) is 53.4 cm³/mol. The van der Waals surface area contributed by atoms with Crippen molar-refractivity contribution in [2.45, 2.75) is 0 Å². The second-order valence-corrected chi connectivity index (χ2v) is 2.88. The first kappa shape index (κ1) is 9.16. The Morgan fingerprint density at radius 3 is 2.75 bits per heavy atom. The lowest BCUT2D eigenvalue weighted by atomic mass is 10.2. The van der Waals surface area contributed by atoms with Crippen LogP contribution in [0.3, 0.4) is 0 Å². The van der Waals surface area contributed by atoms with Crippen LogP contribution in [-0.2, 0) is 0 Å². The summed E-state index contributed by atoms with van der Waals surface area (Å²) in [6, 6.07) is 5.34. The van der Waals surface area contributed by atoms with Crippen LogP contribution in [0.5, 0.6) is 0 Å². The van der Waals surface area contributed by atoms with Crippen molar-refractivity contribution in [3.8, 4) is 0 Å². The van der Waals surface area contributed by atoms with Gasteiger partial charge in [0.15, 0.2) is 0 Å². The summed E-state index contributed by atoms with van der Waals surface area (Å²) in [4.78, 5) is 0. The molecule has 0 heterocycles. The van der Waals surface area contributed by atoms with E-state index in [-0.39, 0.29) is 0 Å². The Balaban J connectivity index is 2.72. The predicted octanol–water partition coefficient (Wildman–Crippen LogP) is 1.29. The molecule has 0 spiro atoms. The molecule has 1 aromatic carbocycles. The van der Waals surface area contributed by atoms with Crippen LogP contribution in [0.4, 0.5) is 11.4 Å². The van der Waals surface area contributed by atoms with Gasteiger partial charge in [-0.05, 0) is 18.2 Å². The monoisotopic (exact) mass is 185 g/mol. The fraction of sp³-hybridized carbons (Fsp3) is 0.250. The van der Waals surface area contributed by atoms with E-state index in [9.17, 15) is 0 Å². The van der Waals surface area contributed by atoms with E-state index in [1.807, 2.05) is 6.07 Å². The van der Waals surface area contributed by atoms with E-state index in [0.717, 1.165) is 5.69 Å². The van der Waals surface area contributed by atoms with E-state index < -0.39 is 0 Å². The highest BCUT2D eigenvalue weighted by atomic mass is 35.5. The molecule has 0 fully saturated rings. The number of rotatable bonds is 3. The molecule has 0 aromatic heterocycles. The number of nitrogens with one attached hydrogen (secondary N) is 1. The van der Waals surface area contributed by atoms with Gasteiger partial charge in [-0.1, -0.05) is 11.6 Å². The van der Waals surface area contributed by atoms with E-state index in [1.54, 1.807) is 12.1 Å². The molecule has 1 aromatic rings. The molecule has 1 rings (SSSR count). The Bertz CT molecular complexity index is 262. The van der Waals surface area contributed by atoms with Crippen LogP contribution in [0.15, 0.2) is 18.2 Å². The van der Waals surface area contributed by atoms with Crippen LogP contribution < -0.4 is 16.8 Å². The summed E-state index contributed by atoms with van der Waals surface area (Å²) in [5.74, 6) is 0. The number of anilines is 2. The molecule has 3 nitrogen and oxygen atoms in total. The molecule has 0 saturated heterocycles. The standard InChI is InChI=1S/C8H12ClN3/c9-6-1-2-8(7(11)5-6)12-4-3-10/h1-2,5,12H,3-4,10-11H2. The summed E-state index contributed by atoms with van der Waals surface area (Å²) in [7, 11) is 0. The average Bonchev–Trinajstić information content (AvgIpc) is 2.03. The molecule has 0 bridgehead atoms. The number of benzene rings is 1. The molecule has 0 aliphatic heterocycles. The highest BCUT2D eigenvalue weighted by Crippen LogP contribution is 2.21. The van der Waals surface area contributed by atoms with E-state index in [2.05, 4.69) is 5.32 Å². The van der Waals surface area contributed by atoms with Crippen molar-refractivity contribution in [3.63, 3.8) is 0 Å². The molecule has 0 saturated carbocycles. The van der Waals surface area contributed by atoms with Crippen molar-refractivity contribution >= 4 is 23.0 Å². The third kappa shape index (κ3) is 2.29. The van der Waals surface area contributed by atoms with Crippen LogP contribution in [0, 0.1) is 0 Å². The quantitative estimate of drug-likeness (QED) is 0.622. The number of nitrogens with two attached hydrogens (primary N) is 2. The highest BCUT2D eigenvalue weighted by molar-refractivity contribution is 6.31. The van der Waals surface area contributed by atoms with Gasteiger partial charge in [0.25, 0.3) is 0 Å². The zero-order valence-corrected chi connectivity index (χ0v) is 7.43. The van der Waals surface area contributed by atoms with Crippen molar-refractivity contribution in [2.75, 3.05) is 24.1 Å². The second-order valence-electron chi connectivity index (χ2n) is 2.45. The molecule has 4 heteroatoms. The topological polar surface area (TPSA) is 64.1 Å². The van der Waals surface area contributed by atoms with Gasteiger partial charge in [-0.2, -0.15) is 0 Å². The lowest BCUT2D eigenvalue weighted by molar-refractivity contribution is 1.03. The Kier molecular flexibility index (Phi) is 3.19. The fourth-order valence-electron chi connectivity index (χ4n) is 0.901. The van der Waals surface area contributed by atoms with E-state index >= 15 is 0 Å². The molecule has 5 N–H and O–H groups in total. The van der Waals surface area contributed by atoms with Gasteiger partial charge in [0, 0.05) is 18.1 Å². The molecule has 0 unspecified atom stereocenters. The van der Waals surface area contributed by atoms with Gasteiger partial charge < -0.3 is 16.8 Å². The second kappa shape index (κ2) is 4.18. The van der Waals surface area contributed by atoms with Crippen LogP contribution in [0.25, 0.3) is 0 Å². The van der Waals surface area contributed by atoms with Crippen molar-refractivity contribution in [2.24, 2.45) is 5.73 Å². The Labute approximate surface area is 76.7 Å². The lowest BCUT2D eigenvalue weighted by Crippen LogP contribution is -2.13. The summed E-state index contributed by atoms with van der Waals surface area (Å²) in [6.07, 6.45) is 0. The van der Waals surface area contributed by atoms with Crippen molar-refractivity contribution < 1.29 is 0 Å². The minimum atomic E-state index is 0.585. The maximum Gasteiger partial charge on any atom is 0.0575 e. The number of hydrogen-bond donors (Lipinski definition) is 3. The first-order chi connectivity index (χ1) is 5.74. The van der Waals surface area contributed by atoms with Gasteiger partial charge in [0.1, 0.15) is 0 Å². The van der Waals surface area contributed by atoms with Crippen LogP contribution in [0.2, 0.25) is 5.02 Å². The van der Waals surface area contributed by atoms with Gasteiger partial charge in [0.2, 0.25) is 0 Å². The average molecular weight is 186 g/mol. The minimum Gasteiger partial charge on any atom is -0.397 e. The van der Waals surface area contributed by atoms with Crippen molar-refractivity contribution in [3.05, 3.63) is 23.2 Å².